The maximum absolute atomic E-state index is 12.7. The van der Waals surface area contributed by atoms with Gasteiger partial charge in [-0.05, 0) is 35.6 Å². The molecular weight excluding hydrogens is 384 g/mol. The summed E-state index contributed by atoms with van der Waals surface area (Å²) in [4.78, 5) is 46.9. The Morgan fingerprint density at radius 1 is 1.23 bits per heavy atom. The fourth-order valence-electron chi connectivity index (χ4n) is 4.01. The molecule has 3 heterocycles. The number of morpholine rings is 1. The van der Waals surface area contributed by atoms with Gasteiger partial charge in [-0.25, -0.2) is 4.98 Å². The predicted molar refractivity (Wildman–Crippen MR) is 112 cm³/mol. The Morgan fingerprint density at radius 3 is 2.77 bits per heavy atom. The minimum absolute atomic E-state index is 0.0377. The first-order valence-electron chi connectivity index (χ1n) is 10.2. The van der Waals surface area contributed by atoms with Crippen molar-refractivity contribution in [3.63, 3.8) is 0 Å². The zero-order valence-electron chi connectivity index (χ0n) is 17.3. The van der Waals surface area contributed by atoms with E-state index in [9.17, 15) is 14.4 Å². The molecule has 0 atom stereocenters. The molecule has 0 unspecified atom stereocenters. The van der Waals surface area contributed by atoms with Gasteiger partial charge in [0.1, 0.15) is 11.4 Å². The third-order valence-electron chi connectivity index (χ3n) is 5.56. The van der Waals surface area contributed by atoms with Gasteiger partial charge in [-0.15, -0.1) is 0 Å². The van der Waals surface area contributed by atoms with Crippen molar-refractivity contribution in [1.29, 1.82) is 0 Å². The lowest BCUT2D eigenvalue weighted by atomic mass is 9.75. The van der Waals surface area contributed by atoms with Crippen molar-refractivity contribution in [2.75, 3.05) is 31.2 Å². The van der Waals surface area contributed by atoms with Crippen LogP contribution in [-0.2, 0) is 17.7 Å². The number of ether oxygens (including phenoxy) is 1. The zero-order valence-corrected chi connectivity index (χ0v) is 17.3. The number of aromatic amines is 1. The van der Waals surface area contributed by atoms with Crippen LogP contribution in [0.25, 0.3) is 0 Å². The second kappa shape index (κ2) is 8.02. The van der Waals surface area contributed by atoms with E-state index in [-0.39, 0.29) is 23.3 Å². The van der Waals surface area contributed by atoms with Crippen molar-refractivity contribution in [3.8, 4) is 0 Å². The largest absolute Gasteiger partial charge is 0.378 e. The molecule has 0 spiro atoms. The van der Waals surface area contributed by atoms with Gasteiger partial charge < -0.3 is 19.9 Å². The van der Waals surface area contributed by atoms with E-state index in [2.05, 4.69) is 20.2 Å². The Bertz CT molecular complexity index is 1040. The number of rotatable bonds is 4. The van der Waals surface area contributed by atoms with Crippen LogP contribution in [0.15, 0.2) is 29.2 Å². The molecule has 0 radical (unpaired) electrons. The van der Waals surface area contributed by atoms with Gasteiger partial charge in [0.25, 0.3) is 11.5 Å². The first-order valence-corrected chi connectivity index (χ1v) is 10.2. The maximum Gasteiger partial charge on any atom is 0.261 e. The van der Waals surface area contributed by atoms with E-state index < -0.39 is 11.5 Å². The van der Waals surface area contributed by atoms with E-state index in [4.69, 9.17) is 4.74 Å². The average Bonchev–Trinajstić information content (AvgIpc) is 2.71. The fourth-order valence-corrected chi connectivity index (χ4v) is 4.01. The van der Waals surface area contributed by atoms with Gasteiger partial charge in [-0.3, -0.25) is 14.4 Å². The Hall–Kier alpha value is -3.00. The molecule has 1 amide bonds. The Morgan fingerprint density at radius 2 is 2.00 bits per heavy atom. The molecule has 0 bridgehead atoms. The number of hydrogen-bond acceptors (Lipinski definition) is 6. The van der Waals surface area contributed by atoms with Crippen LogP contribution in [0.5, 0.6) is 0 Å². The summed E-state index contributed by atoms with van der Waals surface area (Å²) >= 11 is 0. The summed E-state index contributed by atoms with van der Waals surface area (Å²) in [7, 11) is 0. The zero-order chi connectivity index (χ0) is 21.3. The second-order valence-corrected chi connectivity index (χ2v) is 8.65. The molecule has 1 saturated heterocycles. The number of carbonyl (C=O) groups excluding carboxylic acids is 2. The molecule has 2 aromatic heterocycles. The van der Waals surface area contributed by atoms with Crippen molar-refractivity contribution in [2.24, 2.45) is 5.41 Å². The topological polar surface area (TPSA) is 104 Å². The number of pyridine rings is 2. The Balaban J connectivity index is 1.48. The van der Waals surface area contributed by atoms with Crippen LogP contribution in [0.3, 0.4) is 0 Å². The summed E-state index contributed by atoms with van der Waals surface area (Å²) in [6.07, 6.45) is 2.71. The summed E-state index contributed by atoms with van der Waals surface area (Å²) in [5, 5.41) is 2.78. The highest BCUT2D eigenvalue weighted by Gasteiger charge is 2.32. The number of hydrogen-bond donors (Lipinski definition) is 2. The van der Waals surface area contributed by atoms with Crippen molar-refractivity contribution < 1.29 is 14.3 Å². The van der Waals surface area contributed by atoms with Crippen molar-refractivity contribution in [1.82, 2.24) is 15.3 Å². The highest BCUT2D eigenvalue weighted by Crippen LogP contribution is 2.33. The van der Waals surface area contributed by atoms with Crippen LogP contribution in [0.2, 0.25) is 0 Å². The number of ketones is 1. The number of anilines is 1. The summed E-state index contributed by atoms with van der Waals surface area (Å²) in [5.41, 5.74) is 1.23. The normalized spacial score (nSPS) is 18.1. The van der Waals surface area contributed by atoms with Gasteiger partial charge in [0.2, 0.25) is 0 Å². The summed E-state index contributed by atoms with van der Waals surface area (Å²) < 4.78 is 5.37. The number of nitrogens with one attached hydrogen (secondary N) is 2. The van der Waals surface area contributed by atoms with Gasteiger partial charge in [-0.2, -0.15) is 0 Å². The highest BCUT2D eigenvalue weighted by molar-refractivity contribution is 6.02. The van der Waals surface area contributed by atoms with Crippen LogP contribution in [0.4, 0.5) is 5.82 Å². The van der Waals surface area contributed by atoms with Crippen LogP contribution in [-0.4, -0.2) is 48.0 Å². The number of aromatic nitrogens is 2. The molecule has 1 fully saturated rings. The fraction of sp³-hybridized carbons (Fsp3) is 0.455. The van der Waals surface area contributed by atoms with Crippen LogP contribution >= 0.6 is 0 Å². The third-order valence-corrected chi connectivity index (χ3v) is 5.56. The number of amides is 1. The van der Waals surface area contributed by atoms with E-state index in [1.54, 1.807) is 6.20 Å². The van der Waals surface area contributed by atoms with Gasteiger partial charge in [0.05, 0.1) is 13.2 Å². The lowest BCUT2D eigenvalue weighted by molar-refractivity contribution is 0.0910. The number of Topliss-reactive ketones (excluding diaryl/α,β-unsaturated/α-hetero) is 1. The lowest BCUT2D eigenvalue weighted by Gasteiger charge is -2.29. The van der Waals surface area contributed by atoms with E-state index in [1.165, 1.54) is 6.07 Å². The van der Waals surface area contributed by atoms with Crippen LogP contribution in [0, 0.1) is 5.41 Å². The Labute approximate surface area is 174 Å². The molecule has 158 valence electrons. The summed E-state index contributed by atoms with van der Waals surface area (Å²) in [6.45, 7) is 7.13. The molecule has 2 aromatic rings. The minimum atomic E-state index is -0.499. The van der Waals surface area contributed by atoms with Crippen molar-refractivity contribution in [2.45, 2.75) is 33.2 Å². The summed E-state index contributed by atoms with van der Waals surface area (Å²) in [6, 6.07) is 5.19. The van der Waals surface area contributed by atoms with E-state index in [0.717, 1.165) is 24.5 Å². The van der Waals surface area contributed by atoms with Gasteiger partial charge in [-0.1, -0.05) is 13.8 Å². The number of fused-ring (bicyclic) bond motifs is 1. The van der Waals surface area contributed by atoms with Crippen molar-refractivity contribution >= 4 is 17.5 Å². The number of carbonyl (C=O) groups is 2. The lowest BCUT2D eigenvalue weighted by Crippen LogP contribution is -2.37. The first kappa shape index (κ1) is 20.3. The SMILES string of the molecule is CC1(C)CC(=O)c2cc(C(=O)NCc3ccnc(N4CCOCC4)c3)c(=O)[nH]c2C1. The number of H-pyrrole nitrogens is 1. The molecule has 8 heteroatoms. The molecule has 4 rings (SSSR count). The molecule has 30 heavy (non-hydrogen) atoms. The smallest absolute Gasteiger partial charge is 0.261 e. The van der Waals surface area contributed by atoms with E-state index in [1.807, 2.05) is 26.0 Å². The summed E-state index contributed by atoms with van der Waals surface area (Å²) in [5.74, 6) is 0.294. The third kappa shape index (κ3) is 4.28. The molecular formula is C22H26N4O4. The number of nitrogens with zero attached hydrogens (tertiary/aromatic N) is 2. The van der Waals surface area contributed by atoms with Gasteiger partial charge in [0, 0.05) is 43.5 Å². The van der Waals surface area contributed by atoms with Crippen LogP contribution in [0.1, 0.15) is 52.2 Å². The van der Waals surface area contributed by atoms with Crippen LogP contribution < -0.4 is 15.8 Å². The van der Waals surface area contributed by atoms with E-state index in [0.29, 0.717) is 37.3 Å². The Kier molecular flexibility index (Phi) is 5.42. The first-order chi connectivity index (χ1) is 14.3. The molecule has 0 saturated carbocycles. The molecule has 1 aliphatic heterocycles. The maximum atomic E-state index is 12.7. The van der Waals surface area contributed by atoms with Gasteiger partial charge in [0.15, 0.2) is 5.78 Å². The van der Waals surface area contributed by atoms with Crippen molar-refractivity contribution in [3.05, 3.63) is 57.1 Å². The predicted octanol–water partition coefficient (Wildman–Crippen LogP) is 1.69. The average molecular weight is 410 g/mol. The highest BCUT2D eigenvalue weighted by atomic mass is 16.5. The molecule has 2 aliphatic rings. The molecule has 0 aromatic carbocycles. The molecule has 1 aliphatic carbocycles. The standard InChI is InChI=1S/C22H26N4O4/c1-22(2)11-17-15(18(27)12-22)10-16(21(29)25-17)20(28)24-13-14-3-4-23-19(9-14)26-5-7-30-8-6-26/h3-4,9-10H,5-8,11-13H2,1-2H3,(H,24,28)(H,25,29). The minimum Gasteiger partial charge on any atom is -0.378 e. The van der Waals surface area contributed by atoms with Gasteiger partial charge >= 0.3 is 0 Å². The molecule has 2 N–H and O–H groups in total. The monoisotopic (exact) mass is 410 g/mol. The van der Waals surface area contributed by atoms with E-state index >= 15 is 0 Å². The molecule has 8 nitrogen and oxygen atoms in total. The second-order valence-electron chi connectivity index (χ2n) is 8.65. The quantitative estimate of drug-likeness (QED) is 0.795.